The summed E-state index contributed by atoms with van der Waals surface area (Å²) in [4.78, 5) is 11.8. The van der Waals surface area contributed by atoms with Crippen LogP contribution in [-0.4, -0.2) is 18.6 Å². The summed E-state index contributed by atoms with van der Waals surface area (Å²) >= 11 is 2.03. The van der Waals surface area contributed by atoms with E-state index in [1.165, 1.54) is 0 Å². The van der Waals surface area contributed by atoms with Crippen molar-refractivity contribution >= 4 is 28.6 Å². The maximum atomic E-state index is 11.8. The smallest absolute Gasteiger partial charge is 0.325 e. The van der Waals surface area contributed by atoms with E-state index in [9.17, 15) is 4.79 Å². The second kappa shape index (κ2) is 6.78. The zero-order valence-corrected chi connectivity index (χ0v) is 14.6. The zero-order chi connectivity index (χ0) is 14.6. The second-order valence-corrected chi connectivity index (χ2v) is 8.17. The minimum atomic E-state index is -0.225. The molecule has 0 radical (unpaired) electrons. The van der Waals surface area contributed by atoms with E-state index in [0.29, 0.717) is 0 Å². The van der Waals surface area contributed by atoms with Crippen LogP contribution in [-0.2, 0) is 9.53 Å². The third kappa shape index (κ3) is 8.78. The van der Waals surface area contributed by atoms with Gasteiger partial charge in [-0.2, -0.15) is 0 Å². The summed E-state index contributed by atoms with van der Waals surface area (Å²) in [6.07, 6.45) is 0.780. The Labute approximate surface area is 125 Å². The van der Waals surface area contributed by atoms with Gasteiger partial charge in [-0.15, -0.1) is 0 Å². The standard InChI is InChI=1S/C14H26INO2/c1-10(15)16-9-12(17)18-11(14(5,6)7)8-13(2,3)4/h11,16H,1,8-9H2,2-7H3. The van der Waals surface area contributed by atoms with Gasteiger partial charge in [-0.05, 0) is 39.8 Å². The van der Waals surface area contributed by atoms with Crippen molar-refractivity contribution in [2.75, 3.05) is 6.54 Å². The molecule has 0 aromatic carbocycles. The van der Waals surface area contributed by atoms with Crippen molar-refractivity contribution in [2.45, 2.75) is 54.1 Å². The molecule has 4 heteroatoms. The minimum absolute atomic E-state index is 0.0513. The molecule has 0 aromatic rings. The van der Waals surface area contributed by atoms with Crippen LogP contribution >= 0.6 is 22.6 Å². The summed E-state index contributed by atoms with van der Waals surface area (Å²) < 4.78 is 6.34. The average molecular weight is 367 g/mol. The van der Waals surface area contributed by atoms with Crippen molar-refractivity contribution in [2.24, 2.45) is 10.8 Å². The van der Waals surface area contributed by atoms with Crippen LogP contribution in [0.5, 0.6) is 0 Å². The topological polar surface area (TPSA) is 38.3 Å². The number of hydrogen-bond acceptors (Lipinski definition) is 3. The van der Waals surface area contributed by atoms with Crippen molar-refractivity contribution in [3.05, 3.63) is 10.3 Å². The Balaban J connectivity index is 4.52. The molecular weight excluding hydrogens is 341 g/mol. The molecule has 18 heavy (non-hydrogen) atoms. The molecule has 0 bridgehead atoms. The third-order valence-electron chi connectivity index (χ3n) is 2.46. The Morgan fingerprint density at radius 1 is 1.28 bits per heavy atom. The normalized spacial score (nSPS) is 13.9. The van der Waals surface area contributed by atoms with E-state index >= 15 is 0 Å². The zero-order valence-electron chi connectivity index (χ0n) is 12.4. The molecule has 0 heterocycles. The molecule has 0 saturated heterocycles. The first-order valence-corrected chi connectivity index (χ1v) is 7.27. The number of hydrogen-bond donors (Lipinski definition) is 1. The molecule has 0 fully saturated rings. The lowest BCUT2D eigenvalue weighted by Gasteiger charge is -2.35. The van der Waals surface area contributed by atoms with Gasteiger partial charge >= 0.3 is 5.97 Å². The van der Waals surface area contributed by atoms with Crippen molar-refractivity contribution in [1.82, 2.24) is 5.32 Å². The predicted molar refractivity (Wildman–Crippen MR) is 84.6 cm³/mol. The highest BCUT2D eigenvalue weighted by atomic mass is 127. The summed E-state index contributed by atoms with van der Waals surface area (Å²) in [5, 5.41) is 2.88. The van der Waals surface area contributed by atoms with Gasteiger partial charge in [0, 0.05) is 0 Å². The number of ether oxygens (including phenoxy) is 1. The highest BCUT2D eigenvalue weighted by molar-refractivity contribution is 14.1. The van der Waals surface area contributed by atoms with E-state index in [1.807, 2.05) is 22.6 Å². The van der Waals surface area contributed by atoms with Crippen LogP contribution in [0.3, 0.4) is 0 Å². The molecule has 0 aliphatic heterocycles. The first-order valence-electron chi connectivity index (χ1n) is 6.19. The molecule has 0 aliphatic carbocycles. The number of rotatable bonds is 5. The van der Waals surface area contributed by atoms with Gasteiger partial charge < -0.3 is 10.1 Å². The van der Waals surface area contributed by atoms with E-state index in [-0.39, 0.29) is 29.4 Å². The fourth-order valence-corrected chi connectivity index (χ4v) is 1.64. The summed E-state index contributed by atoms with van der Waals surface area (Å²) in [6, 6.07) is 0. The molecule has 1 atom stereocenters. The highest BCUT2D eigenvalue weighted by Crippen LogP contribution is 2.32. The molecule has 0 aromatic heterocycles. The molecule has 0 rings (SSSR count). The molecular formula is C14H26INO2. The predicted octanol–water partition coefficient (Wildman–Crippen LogP) is 3.88. The van der Waals surface area contributed by atoms with Gasteiger partial charge in [0.2, 0.25) is 0 Å². The van der Waals surface area contributed by atoms with Crippen LogP contribution < -0.4 is 5.32 Å². The number of carbonyl (C=O) groups excluding carboxylic acids is 1. The molecule has 0 aliphatic rings. The molecule has 3 nitrogen and oxygen atoms in total. The molecule has 106 valence electrons. The van der Waals surface area contributed by atoms with Crippen molar-refractivity contribution in [3.63, 3.8) is 0 Å². The largest absolute Gasteiger partial charge is 0.460 e. The summed E-state index contributed by atoms with van der Waals surface area (Å²) in [5.74, 6) is -0.225. The lowest BCUT2D eigenvalue weighted by Crippen LogP contribution is -2.37. The lowest BCUT2D eigenvalue weighted by molar-refractivity contribution is -0.155. The SMILES string of the molecule is C=C(I)NCC(=O)OC(CC(C)(C)C)C(C)(C)C. The first-order chi connectivity index (χ1) is 7.92. The van der Waals surface area contributed by atoms with E-state index in [0.717, 1.165) is 10.1 Å². The molecule has 1 N–H and O–H groups in total. The van der Waals surface area contributed by atoms with Crippen LogP contribution in [0, 0.1) is 10.8 Å². The Morgan fingerprint density at radius 2 is 1.78 bits per heavy atom. The lowest BCUT2D eigenvalue weighted by atomic mass is 9.78. The Bertz CT molecular complexity index is 300. The van der Waals surface area contributed by atoms with Crippen molar-refractivity contribution in [1.29, 1.82) is 0 Å². The Morgan fingerprint density at radius 3 is 2.11 bits per heavy atom. The molecule has 1 unspecified atom stereocenters. The van der Waals surface area contributed by atoms with E-state index in [1.54, 1.807) is 0 Å². The number of halogens is 1. The van der Waals surface area contributed by atoms with Crippen LogP contribution in [0.15, 0.2) is 10.3 Å². The van der Waals surface area contributed by atoms with Crippen molar-refractivity contribution < 1.29 is 9.53 Å². The fraction of sp³-hybridized carbons (Fsp3) is 0.786. The monoisotopic (exact) mass is 367 g/mol. The summed E-state index contributed by atoms with van der Waals surface area (Å²) in [7, 11) is 0. The van der Waals surface area contributed by atoms with E-state index < -0.39 is 0 Å². The maximum absolute atomic E-state index is 11.8. The molecule has 0 spiro atoms. The van der Waals surface area contributed by atoms with Crippen LogP contribution in [0.1, 0.15) is 48.0 Å². The van der Waals surface area contributed by atoms with Gasteiger partial charge in [-0.25, -0.2) is 0 Å². The third-order valence-corrected chi connectivity index (χ3v) is 2.84. The van der Waals surface area contributed by atoms with Gasteiger partial charge in [-0.3, -0.25) is 4.79 Å². The fourth-order valence-electron chi connectivity index (χ4n) is 1.45. The van der Waals surface area contributed by atoms with E-state index in [4.69, 9.17) is 4.74 Å². The number of esters is 1. The van der Waals surface area contributed by atoms with Crippen LogP contribution in [0.4, 0.5) is 0 Å². The molecule has 0 saturated carbocycles. The number of nitrogens with one attached hydrogen (secondary N) is 1. The van der Waals surface area contributed by atoms with Gasteiger partial charge in [-0.1, -0.05) is 48.1 Å². The number of carbonyl (C=O) groups is 1. The van der Waals surface area contributed by atoms with Gasteiger partial charge in [0.1, 0.15) is 12.6 Å². The minimum Gasteiger partial charge on any atom is -0.460 e. The summed E-state index contributed by atoms with van der Waals surface area (Å²) in [5.41, 5.74) is 0.0861. The maximum Gasteiger partial charge on any atom is 0.325 e. The Hall–Kier alpha value is -0.260. The second-order valence-electron chi connectivity index (χ2n) is 6.87. The van der Waals surface area contributed by atoms with Gasteiger partial charge in [0.05, 0.1) is 3.70 Å². The van der Waals surface area contributed by atoms with Gasteiger partial charge in [0.25, 0.3) is 0 Å². The van der Waals surface area contributed by atoms with Crippen LogP contribution in [0.2, 0.25) is 0 Å². The Kier molecular flexibility index (Phi) is 6.68. The first kappa shape index (κ1) is 17.7. The average Bonchev–Trinajstić information content (AvgIpc) is 2.10. The van der Waals surface area contributed by atoms with Gasteiger partial charge in [0.15, 0.2) is 0 Å². The van der Waals surface area contributed by atoms with Crippen LogP contribution in [0.25, 0.3) is 0 Å². The quantitative estimate of drug-likeness (QED) is 0.455. The summed E-state index contributed by atoms with van der Waals surface area (Å²) in [6.45, 7) is 16.6. The van der Waals surface area contributed by atoms with Crippen molar-refractivity contribution in [3.8, 4) is 0 Å². The highest BCUT2D eigenvalue weighted by Gasteiger charge is 2.32. The van der Waals surface area contributed by atoms with E-state index in [2.05, 4.69) is 53.4 Å². The molecule has 0 amide bonds.